The van der Waals surface area contributed by atoms with Crippen LogP contribution in [0.5, 0.6) is 0 Å². The lowest BCUT2D eigenvalue weighted by atomic mass is 10.1. The first-order chi connectivity index (χ1) is 8.40. The number of ether oxygens (including phenoxy) is 1. The third-order valence-corrected chi connectivity index (χ3v) is 2.02. The van der Waals surface area contributed by atoms with Gasteiger partial charge in [0, 0.05) is 6.54 Å². The molecule has 3 nitrogen and oxygen atoms in total. The van der Waals surface area contributed by atoms with Crippen LogP contribution in [0.4, 0.5) is 35.1 Å². The van der Waals surface area contributed by atoms with Crippen LogP contribution in [0, 0.1) is 0 Å². The Balaban J connectivity index is 4.78. The molecule has 0 aromatic rings. The van der Waals surface area contributed by atoms with Crippen LogP contribution in [-0.4, -0.2) is 55.2 Å². The molecule has 0 unspecified atom stereocenters. The van der Waals surface area contributed by atoms with Gasteiger partial charge < -0.3 is 15.6 Å². The maximum absolute atomic E-state index is 12.8. The molecule has 0 spiro atoms. The molecule has 0 saturated carbocycles. The number of nitrogens with two attached hydrogens (primary N) is 1. The summed E-state index contributed by atoms with van der Waals surface area (Å²) in [5, 5.41) is 8.76. The summed E-state index contributed by atoms with van der Waals surface area (Å²) in [6.45, 7) is -3.64. The van der Waals surface area contributed by atoms with E-state index in [1.807, 2.05) is 0 Å². The van der Waals surface area contributed by atoms with E-state index in [2.05, 4.69) is 4.74 Å². The lowest BCUT2D eigenvalue weighted by molar-refractivity contribution is -0.346. The normalized spacial score (nSPS) is 15.9. The van der Waals surface area contributed by atoms with Crippen molar-refractivity contribution in [3.8, 4) is 0 Å². The minimum absolute atomic E-state index is 0.449. The van der Waals surface area contributed by atoms with Crippen molar-refractivity contribution in [2.24, 2.45) is 5.73 Å². The van der Waals surface area contributed by atoms with Gasteiger partial charge in [0.2, 0.25) is 0 Å². The number of alkyl halides is 8. The molecule has 1 atom stereocenters. The molecular weight excluding hydrogens is 294 g/mol. The predicted molar refractivity (Wildman–Crippen MR) is 46.7 cm³/mol. The second-order valence-electron chi connectivity index (χ2n) is 3.61. The lowest BCUT2D eigenvalue weighted by Gasteiger charge is -2.32. The molecule has 0 saturated heterocycles. The van der Waals surface area contributed by atoms with E-state index in [1.54, 1.807) is 0 Å². The average molecular weight is 305 g/mol. The molecule has 116 valence electrons. The summed E-state index contributed by atoms with van der Waals surface area (Å²) in [5.74, 6) is -18.1. The first-order valence-corrected chi connectivity index (χ1v) is 4.77. The molecule has 0 aliphatic heterocycles. The second kappa shape index (κ2) is 6.18. The van der Waals surface area contributed by atoms with Crippen molar-refractivity contribution in [2.75, 3.05) is 19.8 Å². The third kappa shape index (κ3) is 3.89. The summed E-state index contributed by atoms with van der Waals surface area (Å²) in [4.78, 5) is 0. The Kier molecular flexibility index (Phi) is 5.96. The van der Waals surface area contributed by atoms with Crippen LogP contribution in [0.15, 0.2) is 0 Å². The van der Waals surface area contributed by atoms with Crippen molar-refractivity contribution in [3.63, 3.8) is 0 Å². The molecule has 0 aromatic heterocycles. The Morgan fingerprint density at radius 3 is 1.89 bits per heavy atom. The number of halogens is 8. The van der Waals surface area contributed by atoms with Crippen LogP contribution in [0.3, 0.4) is 0 Å². The van der Waals surface area contributed by atoms with Crippen LogP contribution in [0.2, 0.25) is 0 Å². The molecule has 3 N–H and O–H groups in total. The van der Waals surface area contributed by atoms with Gasteiger partial charge in [-0.15, -0.1) is 0 Å². The quantitative estimate of drug-likeness (QED) is 0.668. The molecule has 19 heavy (non-hydrogen) atoms. The molecule has 0 amide bonds. The number of hydrogen-bond acceptors (Lipinski definition) is 3. The van der Waals surface area contributed by atoms with Gasteiger partial charge in [-0.3, -0.25) is 0 Å². The summed E-state index contributed by atoms with van der Waals surface area (Å²) in [5.41, 5.74) is 4.83. The van der Waals surface area contributed by atoms with Gasteiger partial charge in [-0.05, 0) is 0 Å². The second-order valence-corrected chi connectivity index (χ2v) is 3.61. The summed E-state index contributed by atoms with van der Waals surface area (Å²) >= 11 is 0. The van der Waals surface area contributed by atoms with Crippen LogP contribution < -0.4 is 5.73 Å². The lowest BCUT2D eigenvalue weighted by Crippen LogP contribution is -2.59. The zero-order chi connectivity index (χ0) is 15.5. The van der Waals surface area contributed by atoms with Crippen LogP contribution >= 0.6 is 0 Å². The first kappa shape index (κ1) is 18.3. The maximum Gasteiger partial charge on any atom is 0.380 e. The van der Waals surface area contributed by atoms with E-state index in [9.17, 15) is 35.1 Å². The van der Waals surface area contributed by atoms with Gasteiger partial charge >= 0.3 is 24.2 Å². The smallest absolute Gasteiger partial charge is 0.380 e. The van der Waals surface area contributed by atoms with Gasteiger partial charge in [0.1, 0.15) is 6.61 Å². The fourth-order valence-corrected chi connectivity index (χ4v) is 0.863. The number of aliphatic hydroxyl groups is 1. The van der Waals surface area contributed by atoms with Gasteiger partial charge in [0.05, 0.1) is 12.7 Å². The molecular formula is C8H11F8NO2. The fourth-order valence-electron chi connectivity index (χ4n) is 0.863. The monoisotopic (exact) mass is 305 g/mol. The highest BCUT2D eigenvalue weighted by atomic mass is 19.4. The zero-order valence-corrected chi connectivity index (χ0v) is 9.23. The van der Waals surface area contributed by atoms with Gasteiger partial charge in [-0.25, -0.2) is 8.78 Å². The maximum atomic E-state index is 12.8. The van der Waals surface area contributed by atoms with E-state index < -0.39 is 50.1 Å². The van der Waals surface area contributed by atoms with E-state index in [4.69, 9.17) is 10.8 Å². The van der Waals surface area contributed by atoms with E-state index in [0.29, 0.717) is 0 Å². The molecule has 0 aromatic carbocycles. The topological polar surface area (TPSA) is 55.5 Å². The Hall–Kier alpha value is -0.680. The van der Waals surface area contributed by atoms with Crippen LogP contribution in [0.25, 0.3) is 0 Å². The summed E-state index contributed by atoms with van der Waals surface area (Å²) in [7, 11) is 0. The number of aliphatic hydroxyl groups excluding tert-OH is 1. The highest BCUT2D eigenvalue weighted by Gasteiger charge is 2.75. The first-order valence-electron chi connectivity index (χ1n) is 4.77. The molecule has 0 aliphatic rings. The van der Waals surface area contributed by atoms with E-state index in [-0.39, 0.29) is 0 Å². The van der Waals surface area contributed by atoms with Crippen molar-refractivity contribution >= 4 is 0 Å². The van der Waals surface area contributed by atoms with E-state index in [0.717, 1.165) is 0 Å². The molecule has 0 fully saturated rings. The predicted octanol–water partition coefficient (Wildman–Crippen LogP) is 1.49. The Morgan fingerprint density at radius 1 is 1.05 bits per heavy atom. The Morgan fingerprint density at radius 2 is 1.53 bits per heavy atom. The molecule has 0 rings (SSSR count). The van der Waals surface area contributed by atoms with Crippen molar-refractivity contribution in [3.05, 3.63) is 0 Å². The highest BCUT2D eigenvalue weighted by molar-refractivity contribution is 4.97. The molecule has 0 bridgehead atoms. The van der Waals surface area contributed by atoms with Crippen molar-refractivity contribution in [1.29, 1.82) is 0 Å². The molecule has 0 radical (unpaired) electrons. The molecule has 0 heterocycles. The van der Waals surface area contributed by atoms with E-state index >= 15 is 0 Å². The fraction of sp³-hybridized carbons (Fsp3) is 1.00. The summed E-state index contributed by atoms with van der Waals surface area (Å²) in [6.07, 6.45) is -6.44. The molecule has 0 aliphatic carbocycles. The van der Waals surface area contributed by atoms with E-state index in [1.165, 1.54) is 0 Å². The van der Waals surface area contributed by atoms with Crippen molar-refractivity contribution in [1.82, 2.24) is 0 Å². The van der Waals surface area contributed by atoms with Crippen molar-refractivity contribution < 1.29 is 45.0 Å². The third-order valence-electron chi connectivity index (χ3n) is 2.02. The largest absolute Gasteiger partial charge is 0.389 e. The standard InChI is InChI=1S/C8H11F8NO2/c9-5(10)7(13,14)8(15,16)6(11,12)3-19-2-4(18)1-17/h4-5,18H,1-3,17H2/t4-/m1/s1. The minimum Gasteiger partial charge on any atom is -0.389 e. The van der Waals surface area contributed by atoms with Crippen molar-refractivity contribution in [2.45, 2.75) is 30.3 Å². The summed E-state index contributed by atoms with van der Waals surface area (Å²) < 4.78 is 103. The zero-order valence-electron chi connectivity index (χ0n) is 9.23. The van der Waals surface area contributed by atoms with Gasteiger partial charge in [0.15, 0.2) is 0 Å². The van der Waals surface area contributed by atoms with Crippen LogP contribution in [0.1, 0.15) is 0 Å². The van der Waals surface area contributed by atoms with Gasteiger partial charge in [-0.2, -0.15) is 26.3 Å². The molecule has 11 heteroatoms. The number of hydrogen-bond donors (Lipinski definition) is 2. The van der Waals surface area contributed by atoms with Gasteiger partial charge in [0.25, 0.3) is 0 Å². The Labute approximate surface area is 102 Å². The van der Waals surface area contributed by atoms with Gasteiger partial charge in [-0.1, -0.05) is 0 Å². The Bertz CT molecular complexity index is 286. The van der Waals surface area contributed by atoms with Crippen LogP contribution in [-0.2, 0) is 4.74 Å². The average Bonchev–Trinajstić information content (AvgIpc) is 2.27. The summed E-state index contributed by atoms with van der Waals surface area (Å²) in [6, 6.07) is 0. The minimum atomic E-state index is -6.30. The number of rotatable bonds is 8. The highest BCUT2D eigenvalue weighted by Crippen LogP contribution is 2.48. The SMILES string of the molecule is NC[C@@H](O)COCC(F)(F)C(F)(F)C(F)(F)C(F)F.